The summed E-state index contributed by atoms with van der Waals surface area (Å²) < 4.78 is 5.07. The van der Waals surface area contributed by atoms with Crippen LogP contribution in [0.3, 0.4) is 0 Å². The molecule has 2 aromatic rings. The molecule has 0 amide bonds. The number of carbonyl (C=O) groups is 1. The molecule has 5 heteroatoms. The van der Waals surface area contributed by atoms with Gasteiger partial charge in [0.25, 0.3) is 0 Å². The Labute approximate surface area is 132 Å². The molecule has 0 aliphatic rings. The topological polar surface area (TPSA) is 26.3 Å². The van der Waals surface area contributed by atoms with Crippen LogP contribution in [0.4, 0.5) is 0 Å². The van der Waals surface area contributed by atoms with Crippen molar-refractivity contribution in [2.75, 3.05) is 13.4 Å². The van der Waals surface area contributed by atoms with Crippen molar-refractivity contribution in [2.24, 2.45) is 0 Å². The van der Waals surface area contributed by atoms with Gasteiger partial charge in [0, 0.05) is 22.1 Å². The molecule has 0 aliphatic heterocycles. The van der Waals surface area contributed by atoms with E-state index in [1.807, 2.05) is 18.4 Å². The van der Waals surface area contributed by atoms with Crippen LogP contribution in [0.25, 0.3) is 0 Å². The van der Waals surface area contributed by atoms with Crippen LogP contribution in [-0.4, -0.2) is 19.1 Å². The summed E-state index contributed by atoms with van der Waals surface area (Å²) in [6, 6.07) is 10.4. The van der Waals surface area contributed by atoms with Gasteiger partial charge in [0.05, 0.1) is 17.2 Å². The van der Waals surface area contributed by atoms with E-state index in [-0.39, 0.29) is 5.78 Å². The van der Waals surface area contributed by atoms with Crippen LogP contribution < -0.4 is 4.74 Å². The Hall–Kier alpha value is -1.16. The first-order chi connectivity index (χ1) is 9.56. The minimum atomic E-state index is -0.160. The van der Waals surface area contributed by atoms with Crippen molar-refractivity contribution in [2.45, 2.75) is 4.90 Å². The number of thioether (sulfide) groups is 1. The lowest BCUT2D eigenvalue weighted by Crippen LogP contribution is -2.02. The van der Waals surface area contributed by atoms with E-state index in [2.05, 4.69) is 0 Å². The Balaban J connectivity index is 2.39. The van der Waals surface area contributed by atoms with Crippen molar-refractivity contribution in [1.29, 1.82) is 0 Å². The van der Waals surface area contributed by atoms with Crippen molar-refractivity contribution in [1.82, 2.24) is 0 Å². The van der Waals surface area contributed by atoms with Gasteiger partial charge in [-0.15, -0.1) is 11.8 Å². The molecule has 0 unspecified atom stereocenters. The van der Waals surface area contributed by atoms with Gasteiger partial charge in [-0.1, -0.05) is 23.2 Å². The largest absolute Gasteiger partial charge is 0.495 e. The molecule has 0 saturated heterocycles. The van der Waals surface area contributed by atoms with Crippen LogP contribution >= 0.6 is 35.0 Å². The van der Waals surface area contributed by atoms with E-state index in [0.717, 1.165) is 4.90 Å². The molecule has 0 spiro atoms. The molecule has 0 saturated carbocycles. The average molecular weight is 327 g/mol. The predicted octanol–water partition coefficient (Wildman–Crippen LogP) is 4.95. The zero-order chi connectivity index (χ0) is 14.7. The van der Waals surface area contributed by atoms with Crippen molar-refractivity contribution in [3.63, 3.8) is 0 Å². The van der Waals surface area contributed by atoms with Crippen LogP contribution in [0, 0.1) is 0 Å². The van der Waals surface area contributed by atoms with Gasteiger partial charge in [-0.25, -0.2) is 0 Å². The number of hydrogen-bond donors (Lipinski definition) is 0. The lowest BCUT2D eigenvalue weighted by Gasteiger charge is -2.08. The normalized spacial score (nSPS) is 10.4. The molecule has 2 rings (SSSR count). The second kappa shape index (κ2) is 6.53. The van der Waals surface area contributed by atoms with Gasteiger partial charge < -0.3 is 4.74 Å². The maximum absolute atomic E-state index is 12.4. The molecule has 0 N–H and O–H groups in total. The van der Waals surface area contributed by atoms with E-state index in [9.17, 15) is 4.79 Å². The highest BCUT2D eigenvalue weighted by Crippen LogP contribution is 2.32. The second-order valence-electron chi connectivity index (χ2n) is 4.02. The molecule has 0 radical (unpaired) electrons. The van der Waals surface area contributed by atoms with Crippen molar-refractivity contribution in [3.8, 4) is 5.75 Å². The number of ether oxygens (including phenoxy) is 1. The quantitative estimate of drug-likeness (QED) is 0.587. The molecule has 0 bridgehead atoms. The van der Waals surface area contributed by atoms with E-state index in [0.29, 0.717) is 26.9 Å². The van der Waals surface area contributed by atoms with Crippen LogP contribution in [0.15, 0.2) is 41.3 Å². The fourth-order valence-electron chi connectivity index (χ4n) is 1.76. The number of carbonyl (C=O) groups excluding carboxylic acids is 1. The number of rotatable bonds is 4. The Bertz CT molecular complexity index is 639. The second-order valence-corrected chi connectivity index (χ2v) is 5.72. The number of methoxy groups -OCH3 is 1. The highest BCUT2D eigenvalue weighted by Gasteiger charge is 2.16. The third-order valence-corrected chi connectivity index (χ3v) is 4.19. The third kappa shape index (κ3) is 3.11. The van der Waals surface area contributed by atoms with Crippen LogP contribution in [0.2, 0.25) is 10.0 Å². The van der Waals surface area contributed by atoms with Crippen LogP contribution in [-0.2, 0) is 0 Å². The molecule has 20 heavy (non-hydrogen) atoms. The maximum Gasteiger partial charge on any atom is 0.194 e. The molecule has 0 heterocycles. The minimum absolute atomic E-state index is 0.160. The summed E-state index contributed by atoms with van der Waals surface area (Å²) >= 11 is 13.8. The number of halogens is 2. The first-order valence-corrected chi connectivity index (χ1v) is 7.76. The fourth-order valence-corrected chi connectivity index (χ4v) is 2.65. The third-order valence-electron chi connectivity index (χ3n) is 2.84. The summed E-state index contributed by atoms with van der Waals surface area (Å²) in [7, 11) is 1.50. The first-order valence-electron chi connectivity index (χ1n) is 5.78. The summed E-state index contributed by atoms with van der Waals surface area (Å²) in [6.45, 7) is 0. The van der Waals surface area contributed by atoms with E-state index in [1.165, 1.54) is 13.2 Å². The zero-order valence-electron chi connectivity index (χ0n) is 10.9. The predicted molar refractivity (Wildman–Crippen MR) is 84.7 cm³/mol. The van der Waals surface area contributed by atoms with Gasteiger partial charge in [0.1, 0.15) is 5.75 Å². The van der Waals surface area contributed by atoms with E-state index >= 15 is 0 Å². The summed E-state index contributed by atoms with van der Waals surface area (Å²) in [5.74, 6) is 0.290. The van der Waals surface area contributed by atoms with Gasteiger partial charge >= 0.3 is 0 Å². The van der Waals surface area contributed by atoms with E-state index < -0.39 is 0 Å². The highest BCUT2D eigenvalue weighted by atomic mass is 35.5. The number of benzene rings is 2. The molecule has 0 atom stereocenters. The number of ketones is 1. The lowest BCUT2D eigenvalue weighted by atomic mass is 10.0. The van der Waals surface area contributed by atoms with Crippen molar-refractivity contribution in [3.05, 3.63) is 57.6 Å². The lowest BCUT2D eigenvalue weighted by molar-refractivity contribution is 0.103. The molecule has 2 aromatic carbocycles. The first kappa shape index (κ1) is 15.2. The Kier molecular flexibility index (Phi) is 4.97. The Morgan fingerprint density at radius 1 is 1.10 bits per heavy atom. The monoisotopic (exact) mass is 326 g/mol. The molecule has 0 aliphatic carbocycles. The van der Waals surface area contributed by atoms with E-state index in [1.54, 1.807) is 30.0 Å². The molecular formula is C15H12Cl2O2S. The van der Waals surface area contributed by atoms with Crippen LogP contribution in [0.5, 0.6) is 5.75 Å². The minimum Gasteiger partial charge on any atom is -0.495 e. The maximum atomic E-state index is 12.4. The smallest absolute Gasteiger partial charge is 0.194 e. The van der Waals surface area contributed by atoms with Gasteiger partial charge in [0.15, 0.2) is 5.78 Å². The summed E-state index contributed by atoms with van der Waals surface area (Å²) in [4.78, 5) is 13.5. The van der Waals surface area contributed by atoms with Crippen LogP contribution in [0.1, 0.15) is 15.9 Å². The summed E-state index contributed by atoms with van der Waals surface area (Å²) in [6.07, 6.45) is 1.98. The Morgan fingerprint density at radius 3 is 2.30 bits per heavy atom. The SMILES string of the molecule is COc1cc(Cl)c(C(=O)c2ccc(SC)cc2)cc1Cl. The zero-order valence-corrected chi connectivity index (χ0v) is 13.3. The van der Waals surface area contributed by atoms with Gasteiger partial charge in [0.2, 0.25) is 0 Å². The molecule has 104 valence electrons. The van der Waals surface area contributed by atoms with Crippen molar-refractivity contribution >= 4 is 40.7 Å². The van der Waals surface area contributed by atoms with E-state index in [4.69, 9.17) is 27.9 Å². The van der Waals surface area contributed by atoms with Gasteiger partial charge in [-0.3, -0.25) is 4.79 Å². The highest BCUT2D eigenvalue weighted by molar-refractivity contribution is 7.98. The molecule has 0 fully saturated rings. The summed E-state index contributed by atoms with van der Waals surface area (Å²) in [5, 5.41) is 0.686. The Morgan fingerprint density at radius 2 is 1.75 bits per heavy atom. The fraction of sp³-hybridized carbons (Fsp3) is 0.133. The standard InChI is InChI=1S/C15H12Cl2O2S/c1-19-14-8-12(16)11(7-13(14)17)15(18)9-3-5-10(20-2)6-4-9/h3-8H,1-2H3. The average Bonchev–Trinajstić information content (AvgIpc) is 2.48. The van der Waals surface area contributed by atoms with Gasteiger partial charge in [-0.05, 0) is 36.6 Å². The number of hydrogen-bond acceptors (Lipinski definition) is 3. The molecule has 2 nitrogen and oxygen atoms in total. The molecule has 0 aromatic heterocycles. The molecular weight excluding hydrogens is 315 g/mol. The van der Waals surface area contributed by atoms with Crippen molar-refractivity contribution < 1.29 is 9.53 Å². The van der Waals surface area contributed by atoms with Gasteiger partial charge in [-0.2, -0.15) is 0 Å². The summed E-state index contributed by atoms with van der Waals surface area (Å²) in [5.41, 5.74) is 0.945.